The summed E-state index contributed by atoms with van der Waals surface area (Å²) in [6.07, 6.45) is 1.61. The van der Waals surface area contributed by atoms with Crippen molar-refractivity contribution in [1.82, 2.24) is 15.1 Å². The van der Waals surface area contributed by atoms with Crippen molar-refractivity contribution in [3.8, 4) is 0 Å². The lowest BCUT2D eigenvalue weighted by Crippen LogP contribution is -2.34. The summed E-state index contributed by atoms with van der Waals surface area (Å²) in [5, 5.41) is 14.6. The first-order valence-corrected chi connectivity index (χ1v) is 10.4. The van der Waals surface area contributed by atoms with Gasteiger partial charge in [-0.3, -0.25) is 4.79 Å². The summed E-state index contributed by atoms with van der Waals surface area (Å²) in [6, 6.07) is 12.7. The van der Waals surface area contributed by atoms with Gasteiger partial charge in [0, 0.05) is 17.9 Å². The number of anilines is 2. The van der Waals surface area contributed by atoms with E-state index in [1.807, 2.05) is 31.2 Å². The smallest absolute Gasteiger partial charge is 0.320 e. The molecule has 2 aromatic carbocycles. The predicted molar refractivity (Wildman–Crippen MR) is 113 cm³/mol. The van der Waals surface area contributed by atoms with Crippen LogP contribution in [0.2, 0.25) is 0 Å². The number of nitrogens with one attached hydrogen (secondary N) is 2. The first-order valence-electron chi connectivity index (χ1n) is 9.54. The van der Waals surface area contributed by atoms with E-state index in [9.17, 15) is 14.0 Å². The molecule has 0 aliphatic carbocycles. The average Bonchev–Trinajstić information content (AvgIpc) is 3.39. The number of likely N-dealkylation sites (tertiary alicyclic amines) is 1. The average molecular weight is 425 g/mol. The second-order valence-electron chi connectivity index (χ2n) is 7.06. The molecule has 1 atom stereocenters. The first-order chi connectivity index (χ1) is 14.5. The topological polar surface area (TPSA) is 87.2 Å². The normalized spacial score (nSPS) is 15.8. The fraction of sp³-hybridized carbons (Fsp3) is 0.238. The van der Waals surface area contributed by atoms with Crippen molar-refractivity contribution in [2.45, 2.75) is 25.8 Å². The van der Waals surface area contributed by atoms with Gasteiger partial charge in [0.25, 0.3) is 5.91 Å². The Labute approximate surface area is 176 Å². The number of carbonyl (C=O) groups excluding carboxylic acids is 2. The van der Waals surface area contributed by atoms with E-state index in [0.29, 0.717) is 17.2 Å². The van der Waals surface area contributed by atoms with Crippen molar-refractivity contribution in [1.29, 1.82) is 0 Å². The van der Waals surface area contributed by atoms with Crippen LogP contribution < -0.4 is 10.6 Å². The van der Waals surface area contributed by atoms with Crippen molar-refractivity contribution in [2.75, 3.05) is 17.2 Å². The lowest BCUT2D eigenvalue weighted by atomic mass is 10.2. The van der Waals surface area contributed by atoms with Crippen LogP contribution in [0.15, 0.2) is 48.5 Å². The summed E-state index contributed by atoms with van der Waals surface area (Å²) in [5.74, 6) is -0.796. The molecule has 0 spiro atoms. The molecule has 1 fully saturated rings. The maximum Gasteiger partial charge on any atom is 0.322 e. The van der Waals surface area contributed by atoms with Crippen LogP contribution in [0.5, 0.6) is 0 Å². The van der Waals surface area contributed by atoms with E-state index in [1.165, 1.54) is 24.3 Å². The van der Waals surface area contributed by atoms with Crippen LogP contribution in [0.25, 0.3) is 0 Å². The molecule has 9 heteroatoms. The number of nitrogens with zero attached hydrogens (tertiary/aromatic N) is 3. The van der Waals surface area contributed by atoms with Crippen LogP contribution in [-0.2, 0) is 0 Å². The molecule has 3 amide bonds. The van der Waals surface area contributed by atoms with Gasteiger partial charge >= 0.3 is 6.03 Å². The Morgan fingerprint density at radius 3 is 2.67 bits per heavy atom. The van der Waals surface area contributed by atoms with Crippen molar-refractivity contribution in [2.24, 2.45) is 0 Å². The molecule has 1 aliphatic rings. The molecular formula is C21H20FN5O2S. The van der Waals surface area contributed by atoms with Gasteiger partial charge in [0.1, 0.15) is 10.8 Å². The Morgan fingerprint density at radius 2 is 1.90 bits per heavy atom. The molecule has 0 unspecified atom stereocenters. The van der Waals surface area contributed by atoms with Gasteiger partial charge in [0.05, 0.1) is 6.04 Å². The third kappa shape index (κ3) is 4.46. The molecule has 1 saturated heterocycles. The van der Waals surface area contributed by atoms with E-state index >= 15 is 0 Å². The maximum atomic E-state index is 13.0. The second-order valence-corrected chi connectivity index (χ2v) is 8.07. The SMILES string of the molecule is Cc1cccc(NC(=O)N2CCC[C@@H]2c2nnc(C(=O)Nc3ccc(F)cc3)s2)c1. The van der Waals surface area contributed by atoms with Crippen molar-refractivity contribution in [3.05, 3.63) is 69.9 Å². The minimum Gasteiger partial charge on any atom is -0.320 e. The predicted octanol–water partition coefficient (Wildman–Crippen LogP) is 4.61. The summed E-state index contributed by atoms with van der Waals surface area (Å²) >= 11 is 1.16. The number of aromatic nitrogens is 2. The van der Waals surface area contributed by atoms with Crippen LogP contribution in [0, 0.1) is 12.7 Å². The fourth-order valence-electron chi connectivity index (χ4n) is 3.36. The van der Waals surface area contributed by atoms with Gasteiger partial charge in [-0.15, -0.1) is 10.2 Å². The van der Waals surface area contributed by atoms with Crippen LogP contribution >= 0.6 is 11.3 Å². The molecule has 7 nitrogen and oxygen atoms in total. The molecule has 2 heterocycles. The van der Waals surface area contributed by atoms with E-state index in [1.54, 1.807) is 4.90 Å². The maximum absolute atomic E-state index is 13.0. The van der Waals surface area contributed by atoms with Crippen molar-refractivity contribution in [3.63, 3.8) is 0 Å². The zero-order valence-corrected chi connectivity index (χ0v) is 17.1. The van der Waals surface area contributed by atoms with Crippen molar-refractivity contribution < 1.29 is 14.0 Å². The van der Waals surface area contributed by atoms with Crippen molar-refractivity contribution >= 4 is 34.6 Å². The molecule has 3 aromatic rings. The van der Waals surface area contributed by atoms with Crippen LogP contribution in [0.4, 0.5) is 20.6 Å². The molecule has 154 valence electrons. The summed E-state index contributed by atoms with van der Waals surface area (Å²) in [7, 11) is 0. The number of carbonyl (C=O) groups is 2. The van der Waals surface area contributed by atoms with Gasteiger partial charge < -0.3 is 15.5 Å². The molecule has 1 aromatic heterocycles. The van der Waals surface area contributed by atoms with Gasteiger partial charge in [-0.05, 0) is 61.7 Å². The Kier molecular flexibility index (Phi) is 5.71. The quantitative estimate of drug-likeness (QED) is 0.639. The molecule has 4 rings (SSSR count). The monoisotopic (exact) mass is 425 g/mol. The van der Waals surface area contributed by atoms with E-state index in [-0.39, 0.29) is 22.9 Å². The molecule has 30 heavy (non-hydrogen) atoms. The van der Waals surface area contributed by atoms with E-state index < -0.39 is 5.91 Å². The van der Waals surface area contributed by atoms with Gasteiger partial charge in [0.2, 0.25) is 5.01 Å². The number of halogens is 1. The first kappa shape index (κ1) is 20.0. The molecule has 1 aliphatic heterocycles. The lowest BCUT2D eigenvalue weighted by molar-refractivity contribution is 0.102. The molecule has 0 bridgehead atoms. The largest absolute Gasteiger partial charge is 0.322 e. The number of hydrogen-bond donors (Lipinski definition) is 2. The minimum absolute atomic E-state index is 0.195. The molecule has 2 N–H and O–H groups in total. The van der Waals surface area contributed by atoms with Gasteiger partial charge in [-0.25, -0.2) is 9.18 Å². The fourth-order valence-corrected chi connectivity index (χ4v) is 4.25. The van der Waals surface area contributed by atoms with Crippen LogP contribution in [0.3, 0.4) is 0 Å². The molecular weight excluding hydrogens is 405 g/mol. The number of aryl methyl sites for hydroxylation is 1. The lowest BCUT2D eigenvalue weighted by Gasteiger charge is -2.23. The minimum atomic E-state index is -0.417. The number of urea groups is 1. The van der Waals surface area contributed by atoms with Gasteiger partial charge in [0.15, 0.2) is 0 Å². The molecule has 0 radical (unpaired) electrons. The van der Waals surface area contributed by atoms with E-state index in [4.69, 9.17) is 0 Å². The summed E-state index contributed by atoms with van der Waals surface area (Å²) in [6.45, 7) is 2.58. The highest BCUT2D eigenvalue weighted by atomic mass is 32.1. The zero-order chi connectivity index (χ0) is 21.1. The number of hydrogen-bond acceptors (Lipinski definition) is 5. The standard InChI is InChI=1S/C21H20FN5O2S/c1-13-4-2-5-16(12-13)24-21(29)27-11-3-6-17(27)19-25-26-20(30-19)18(28)23-15-9-7-14(22)8-10-15/h2,4-5,7-10,12,17H,3,6,11H2,1H3,(H,23,28)(H,24,29)/t17-/m1/s1. The summed E-state index contributed by atoms with van der Waals surface area (Å²) in [4.78, 5) is 26.9. The Balaban J connectivity index is 1.44. The third-order valence-corrected chi connectivity index (χ3v) is 5.83. The summed E-state index contributed by atoms with van der Waals surface area (Å²) < 4.78 is 13.0. The van der Waals surface area contributed by atoms with E-state index in [0.717, 1.165) is 35.4 Å². The highest BCUT2D eigenvalue weighted by Crippen LogP contribution is 2.34. The molecule has 0 saturated carbocycles. The van der Waals surface area contributed by atoms with Crippen LogP contribution in [-0.4, -0.2) is 33.6 Å². The highest BCUT2D eigenvalue weighted by molar-refractivity contribution is 7.13. The summed E-state index contributed by atoms with van der Waals surface area (Å²) in [5.41, 5.74) is 2.27. The van der Waals surface area contributed by atoms with Crippen LogP contribution in [0.1, 0.15) is 39.3 Å². The Morgan fingerprint density at radius 1 is 1.10 bits per heavy atom. The zero-order valence-electron chi connectivity index (χ0n) is 16.3. The van der Waals surface area contributed by atoms with Gasteiger partial charge in [-0.1, -0.05) is 23.5 Å². The Bertz CT molecular complexity index is 1070. The second kappa shape index (κ2) is 8.58. The van der Waals surface area contributed by atoms with E-state index in [2.05, 4.69) is 20.8 Å². The number of amides is 3. The third-order valence-electron chi connectivity index (χ3n) is 4.81. The van der Waals surface area contributed by atoms with Gasteiger partial charge in [-0.2, -0.15) is 0 Å². The number of rotatable bonds is 4. The highest BCUT2D eigenvalue weighted by Gasteiger charge is 2.33. The number of benzene rings is 2. The Hall–Kier alpha value is -3.33.